The molecule has 0 radical (unpaired) electrons. The normalized spacial score (nSPS) is 15.3. The van der Waals surface area contributed by atoms with Crippen LogP contribution in [0.5, 0.6) is 0 Å². The summed E-state index contributed by atoms with van der Waals surface area (Å²) >= 11 is 0. The summed E-state index contributed by atoms with van der Waals surface area (Å²) in [5.74, 6) is -3.32. The molecule has 1 amide bonds. The third-order valence-corrected chi connectivity index (χ3v) is 5.42. The number of carbonyl (C=O) groups is 1. The second-order valence-electron chi connectivity index (χ2n) is 7.32. The molecular weight excluding hydrogens is 400 g/mol. The maximum Gasteiger partial charge on any atom is 0.395 e. The fourth-order valence-corrected chi connectivity index (χ4v) is 3.37. The summed E-state index contributed by atoms with van der Waals surface area (Å²) in [6.07, 6.45) is -1.07. The van der Waals surface area contributed by atoms with E-state index in [4.69, 9.17) is 5.41 Å². The Balaban J connectivity index is 2.10. The number of benzene rings is 1. The van der Waals surface area contributed by atoms with E-state index in [0.29, 0.717) is 12.8 Å². The second-order valence-corrected chi connectivity index (χ2v) is 7.32. The first-order chi connectivity index (χ1) is 14.1. The molecule has 160 valence electrons. The molecule has 1 heterocycles. The van der Waals surface area contributed by atoms with Crippen molar-refractivity contribution in [3.63, 3.8) is 0 Å². The molecule has 9 heteroatoms. The van der Waals surface area contributed by atoms with Crippen molar-refractivity contribution in [2.75, 3.05) is 17.7 Å². The maximum atomic E-state index is 13.7. The smallest absolute Gasteiger partial charge is 0.387 e. The minimum atomic E-state index is -4.61. The van der Waals surface area contributed by atoms with Crippen LogP contribution in [0.25, 0.3) is 0 Å². The number of anilines is 2. The van der Waals surface area contributed by atoms with Crippen LogP contribution in [0.4, 0.5) is 29.1 Å². The monoisotopic (exact) mass is 422 g/mol. The van der Waals surface area contributed by atoms with E-state index >= 15 is 0 Å². The molecule has 0 aliphatic heterocycles. The molecule has 0 bridgehead atoms. The number of carbonyl (C=O) groups excluding carboxylic acids is 1. The van der Waals surface area contributed by atoms with Crippen LogP contribution in [-0.4, -0.2) is 29.8 Å². The summed E-state index contributed by atoms with van der Waals surface area (Å²) in [5, 5.41) is 13.8. The van der Waals surface area contributed by atoms with E-state index in [9.17, 15) is 22.4 Å². The van der Waals surface area contributed by atoms with E-state index in [0.717, 1.165) is 25.5 Å². The standard InChI is InChI=1S/C21H22F4N4O/c1-11(21(23,24)25)17-15(18(26)14-7-6-13(22)10-16(14)27-2)8-9-28-19(17)29-20(30)12-4-3-5-12/h6-12,26-27H,3-5H2,1-2H3,(H,28,29,30). The predicted octanol–water partition coefficient (Wildman–Crippen LogP) is 5.08. The van der Waals surface area contributed by atoms with Gasteiger partial charge in [-0.2, -0.15) is 13.2 Å². The average Bonchev–Trinajstić information content (AvgIpc) is 2.64. The minimum Gasteiger partial charge on any atom is -0.387 e. The number of pyridine rings is 1. The Morgan fingerprint density at radius 1 is 1.23 bits per heavy atom. The van der Waals surface area contributed by atoms with Crippen LogP contribution in [0.2, 0.25) is 0 Å². The number of rotatable bonds is 6. The van der Waals surface area contributed by atoms with Gasteiger partial charge >= 0.3 is 6.18 Å². The highest BCUT2D eigenvalue weighted by Crippen LogP contribution is 2.40. The molecule has 5 nitrogen and oxygen atoms in total. The molecule has 1 unspecified atom stereocenters. The molecule has 1 aliphatic carbocycles. The van der Waals surface area contributed by atoms with Crippen molar-refractivity contribution in [3.05, 3.63) is 53.0 Å². The second kappa shape index (κ2) is 8.41. The number of hydrogen-bond acceptors (Lipinski definition) is 4. The number of nitrogens with zero attached hydrogens (tertiary/aromatic N) is 1. The van der Waals surface area contributed by atoms with Crippen LogP contribution in [0, 0.1) is 17.1 Å². The van der Waals surface area contributed by atoms with E-state index < -0.39 is 17.9 Å². The topological polar surface area (TPSA) is 77.9 Å². The lowest BCUT2D eigenvalue weighted by molar-refractivity contribution is -0.146. The van der Waals surface area contributed by atoms with Gasteiger partial charge in [0.05, 0.1) is 11.6 Å². The number of nitrogens with one attached hydrogen (secondary N) is 3. The highest BCUT2D eigenvalue weighted by atomic mass is 19.4. The van der Waals surface area contributed by atoms with Gasteiger partial charge in [0.15, 0.2) is 0 Å². The quantitative estimate of drug-likeness (QED) is 0.449. The Labute approximate surface area is 171 Å². The van der Waals surface area contributed by atoms with Gasteiger partial charge in [-0.3, -0.25) is 10.2 Å². The van der Waals surface area contributed by atoms with Gasteiger partial charge in [-0.15, -0.1) is 0 Å². The Hall–Kier alpha value is -2.97. The predicted molar refractivity (Wildman–Crippen MR) is 107 cm³/mol. The summed E-state index contributed by atoms with van der Waals surface area (Å²) in [4.78, 5) is 16.4. The van der Waals surface area contributed by atoms with Crippen molar-refractivity contribution in [1.82, 2.24) is 4.98 Å². The summed E-state index contributed by atoms with van der Waals surface area (Å²) < 4.78 is 54.5. The summed E-state index contributed by atoms with van der Waals surface area (Å²) in [6, 6.07) is 4.94. The van der Waals surface area contributed by atoms with E-state index in [1.165, 1.54) is 25.4 Å². The zero-order valence-corrected chi connectivity index (χ0v) is 16.5. The summed E-state index contributed by atoms with van der Waals surface area (Å²) in [5.41, 5.74) is -0.0395. The largest absolute Gasteiger partial charge is 0.395 e. The van der Waals surface area contributed by atoms with Gasteiger partial charge in [0.25, 0.3) is 0 Å². The molecule has 0 saturated heterocycles. The fourth-order valence-electron chi connectivity index (χ4n) is 3.37. The molecule has 3 N–H and O–H groups in total. The molecule has 3 rings (SSSR count). The minimum absolute atomic E-state index is 0.0261. The number of alkyl halides is 3. The lowest BCUT2D eigenvalue weighted by Gasteiger charge is -2.26. The van der Waals surface area contributed by atoms with Crippen LogP contribution in [0.3, 0.4) is 0 Å². The van der Waals surface area contributed by atoms with Crippen molar-refractivity contribution in [1.29, 1.82) is 5.41 Å². The molecule has 0 spiro atoms. The zero-order valence-electron chi connectivity index (χ0n) is 16.5. The molecule has 1 saturated carbocycles. The molecule has 1 aromatic carbocycles. The van der Waals surface area contributed by atoms with Crippen LogP contribution in [-0.2, 0) is 4.79 Å². The first kappa shape index (κ1) is 21.7. The Morgan fingerprint density at radius 3 is 2.50 bits per heavy atom. The average molecular weight is 422 g/mol. The van der Waals surface area contributed by atoms with E-state index in [1.54, 1.807) is 0 Å². The zero-order chi connectivity index (χ0) is 22.1. The fraction of sp³-hybridized carbons (Fsp3) is 0.381. The van der Waals surface area contributed by atoms with Gasteiger partial charge in [0.1, 0.15) is 11.6 Å². The van der Waals surface area contributed by atoms with E-state index in [2.05, 4.69) is 15.6 Å². The van der Waals surface area contributed by atoms with Gasteiger partial charge in [-0.25, -0.2) is 9.37 Å². The third kappa shape index (κ3) is 4.29. The maximum absolute atomic E-state index is 13.7. The Kier molecular flexibility index (Phi) is 6.09. The lowest BCUT2D eigenvalue weighted by atomic mass is 9.84. The molecule has 30 heavy (non-hydrogen) atoms. The van der Waals surface area contributed by atoms with Crippen molar-refractivity contribution >= 4 is 23.1 Å². The molecule has 1 aliphatic rings. The molecule has 1 aromatic heterocycles. The van der Waals surface area contributed by atoms with Crippen LogP contribution in [0.15, 0.2) is 30.5 Å². The SMILES string of the molecule is CNc1cc(F)ccc1C(=N)c1ccnc(NC(=O)C2CCC2)c1C(C)C(F)(F)F. The molecule has 2 aromatic rings. The number of halogens is 4. The van der Waals surface area contributed by atoms with Crippen LogP contribution in [0.1, 0.15) is 48.8 Å². The van der Waals surface area contributed by atoms with Crippen molar-refractivity contribution < 1.29 is 22.4 Å². The number of hydrogen-bond donors (Lipinski definition) is 3. The van der Waals surface area contributed by atoms with Crippen molar-refractivity contribution in [2.45, 2.75) is 38.3 Å². The summed E-state index contributed by atoms with van der Waals surface area (Å²) in [7, 11) is 1.53. The van der Waals surface area contributed by atoms with Crippen LogP contribution < -0.4 is 10.6 Å². The lowest BCUT2D eigenvalue weighted by Crippen LogP contribution is -2.30. The highest BCUT2D eigenvalue weighted by Gasteiger charge is 2.41. The third-order valence-electron chi connectivity index (χ3n) is 5.42. The first-order valence-corrected chi connectivity index (χ1v) is 9.56. The first-order valence-electron chi connectivity index (χ1n) is 9.56. The van der Waals surface area contributed by atoms with Crippen molar-refractivity contribution in [2.24, 2.45) is 5.92 Å². The Morgan fingerprint density at radius 2 is 1.93 bits per heavy atom. The molecule has 1 atom stereocenters. The van der Waals surface area contributed by atoms with Gasteiger partial charge in [0, 0.05) is 41.5 Å². The van der Waals surface area contributed by atoms with Crippen molar-refractivity contribution in [3.8, 4) is 0 Å². The van der Waals surface area contributed by atoms with E-state index in [1.807, 2.05) is 0 Å². The van der Waals surface area contributed by atoms with Gasteiger partial charge in [-0.05, 0) is 44.0 Å². The van der Waals surface area contributed by atoms with Crippen LogP contribution >= 0.6 is 0 Å². The number of amides is 1. The summed E-state index contributed by atoms with van der Waals surface area (Å²) in [6.45, 7) is 0.969. The molecule has 1 fully saturated rings. The number of aromatic nitrogens is 1. The van der Waals surface area contributed by atoms with Gasteiger partial charge in [-0.1, -0.05) is 6.42 Å². The van der Waals surface area contributed by atoms with Gasteiger partial charge < -0.3 is 10.6 Å². The highest BCUT2D eigenvalue weighted by molar-refractivity contribution is 6.15. The Bertz CT molecular complexity index is 970. The van der Waals surface area contributed by atoms with E-state index in [-0.39, 0.29) is 45.7 Å². The molecular formula is C21H22F4N4O. The van der Waals surface area contributed by atoms with Gasteiger partial charge in [0.2, 0.25) is 5.91 Å².